The highest BCUT2D eigenvalue weighted by Gasteiger charge is 2.30. The van der Waals surface area contributed by atoms with Gasteiger partial charge in [0.1, 0.15) is 18.4 Å². The van der Waals surface area contributed by atoms with Crippen molar-refractivity contribution in [1.29, 1.82) is 0 Å². The number of hydrogen-bond donors (Lipinski definition) is 2. The third-order valence-corrected chi connectivity index (χ3v) is 3.75. The quantitative estimate of drug-likeness (QED) is 0.772. The number of nitrogens with one attached hydrogen (secondary N) is 2. The number of para-hydroxylation sites is 2. The molecule has 7 nitrogen and oxygen atoms in total. The smallest absolute Gasteiger partial charge is 0.288 e. The maximum absolute atomic E-state index is 12.3. The van der Waals surface area contributed by atoms with Gasteiger partial charge in [-0.3, -0.25) is 15.0 Å². The number of hydrazine groups is 1. The predicted molar refractivity (Wildman–Crippen MR) is 98.9 cm³/mol. The molecule has 0 radical (unpaired) electrons. The fourth-order valence-electron chi connectivity index (χ4n) is 2.44. The molecular weight excluding hydrogens is 332 g/mol. The number of amides is 2. The van der Waals surface area contributed by atoms with Crippen molar-refractivity contribution in [3.8, 4) is 5.75 Å². The van der Waals surface area contributed by atoms with E-state index in [1.165, 1.54) is 5.01 Å². The van der Waals surface area contributed by atoms with Crippen LogP contribution in [0.15, 0.2) is 65.7 Å². The molecule has 2 N–H and O–H groups in total. The van der Waals surface area contributed by atoms with Crippen molar-refractivity contribution in [2.24, 2.45) is 4.99 Å². The normalized spacial score (nSPS) is 16.5. The van der Waals surface area contributed by atoms with Gasteiger partial charge >= 0.3 is 0 Å². The van der Waals surface area contributed by atoms with Crippen LogP contribution in [-0.2, 0) is 9.59 Å². The van der Waals surface area contributed by atoms with Crippen LogP contribution in [0, 0.1) is 0 Å². The second-order valence-corrected chi connectivity index (χ2v) is 5.69. The Morgan fingerprint density at radius 3 is 2.50 bits per heavy atom. The minimum Gasteiger partial charge on any atom is -0.492 e. The summed E-state index contributed by atoms with van der Waals surface area (Å²) in [5.41, 5.74) is 3.44. The molecule has 134 valence electrons. The molecule has 0 spiro atoms. The van der Waals surface area contributed by atoms with Gasteiger partial charge in [-0.2, -0.15) is 0 Å². The minimum atomic E-state index is -0.641. The Bertz CT molecular complexity index is 793. The molecule has 0 saturated carbocycles. The van der Waals surface area contributed by atoms with Gasteiger partial charge in [-0.15, -0.1) is 0 Å². The Labute approximate surface area is 151 Å². The van der Waals surface area contributed by atoms with Crippen LogP contribution in [0.1, 0.15) is 6.92 Å². The molecule has 2 aromatic rings. The lowest BCUT2D eigenvalue weighted by atomic mass is 10.2. The molecule has 0 saturated heterocycles. The number of nitrogens with zero attached hydrogens (tertiary/aromatic N) is 2. The number of carbonyl (C=O) groups is 2. The Hall–Kier alpha value is -3.35. The molecule has 26 heavy (non-hydrogen) atoms. The van der Waals surface area contributed by atoms with E-state index in [-0.39, 0.29) is 17.6 Å². The second kappa shape index (κ2) is 8.15. The maximum atomic E-state index is 12.3. The van der Waals surface area contributed by atoms with Crippen LogP contribution in [0.4, 0.5) is 5.69 Å². The molecule has 0 fully saturated rings. The third-order valence-electron chi connectivity index (χ3n) is 3.75. The van der Waals surface area contributed by atoms with Gasteiger partial charge in [0, 0.05) is 0 Å². The first-order chi connectivity index (χ1) is 12.6. The Morgan fingerprint density at radius 2 is 1.81 bits per heavy atom. The molecule has 1 unspecified atom stereocenters. The Kier molecular flexibility index (Phi) is 5.48. The minimum absolute atomic E-state index is 0.0978. The van der Waals surface area contributed by atoms with Gasteiger partial charge in [0.2, 0.25) is 5.84 Å². The number of rotatable bonds is 6. The van der Waals surface area contributed by atoms with E-state index in [9.17, 15) is 9.59 Å². The third kappa shape index (κ3) is 4.18. The number of carbonyl (C=O) groups excluding carboxylic acids is 2. The van der Waals surface area contributed by atoms with E-state index in [0.717, 1.165) is 5.75 Å². The van der Waals surface area contributed by atoms with Crippen LogP contribution in [0.5, 0.6) is 5.75 Å². The lowest BCUT2D eigenvalue weighted by Crippen LogP contribution is -2.58. The van der Waals surface area contributed by atoms with Crippen LogP contribution in [0.3, 0.4) is 0 Å². The van der Waals surface area contributed by atoms with Crippen molar-refractivity contribution >= 4 is 23.3 Å². The molecule has 1 aliphatic heterocycles. The largest absolute Gasteiger partial charge is 0.492 e. The molecule has 2 aromatic carbocycles. The van der Waals surface area contributed by atoms with E-state index in [2.05, 4.69) is 15.7 Å². The van der Waals surface area contributed by atoms with Gasteiger partial charge in [-0.05, 0) is 31.2 Å². The van der Waals surface area contributed by atoms with Crippen LogP contribution in [0.2, 0.25) is 0 Å². The van der Waals surface area contributed by atoms with Crippen LogP contribution in [-0.4, -0.2) is 36.8 Å². The zero-order valence-corrected chi connectivity index (χ0v) is 14.4. The van der Waals surface area contributed by atoms with E-state index in [1.54, 1.807) is 19.1 Å². The average molecular weight is 352 g/mol. The highest BCUT2D eigenvalue weighted by molar-refractivity contribution is 6.39. The summed E-state index contributed by atoms with van der Waals surface area (Å²) in [6.45, 7) is 2.31. The molecular formula is C19H20N4O3. The molecule has 0 bridgehead atoms. The summed E-state index contributed by atoms with van der Waals surface area (Å²) in [6.07, 6.45) is 0. The summed E-state index contributed by atoms with van der Waals surface area (Å²) in [7, 11) is 0. The number of anilines is 1. The van der Waals surface area contributed by atoms with Crippen LogP contribution >= 0.6 is 0 Å². The molecule has 3 rings (SSSR count). The molecule has 7 heteroatoms. The van der Waals surface area contributed by atoms with Gasteiger partial charge in [0.05, 0.1) is 12.2 Å². The van der Waals surface area contributed by atoms with E-state index >= 15 is 0 Å². The lowest BCUT2D eigenvalue weighted by Gasteiger charge is -2.30. The van der Waals surface area contributed by atoms with Gasteiger partial charge in [-0.1, -0.05) is 36.4 Å². The first kappa shape index (κ1) is 17.5. The molecule has 0 aliphatic carbocycles. The first-order valence-corrected chi connectivity index (χ1v) is 8.34. The lowest BCUT2D eigenvalue weighted by molar-refractivity contribution is -0.120. The highest BCUT2D eigenvalue weighted by Crippen LogP contribution is 2.15. The molecule has 2 amide bonds. The summed E-state index contributed by atoms with van der Waals surface area (Å²) >= 11 is 0. The molecule has 1 heterocycles. The monoisotopic (exact) mass is 352 g/mol. The standard InChI is InChI=1S/C19H20N4O3/c1-14-19(25)23(15-8-4-2-5-9-15)22-17(21-14)18(24)20-12-13-26-16-10-6-3-7-11-16/h2-11,14H,12-13H2,1H3,(H,20,24)(H,21,22). The Balaban J connectivity index is 1.56. The van der Waals surface area contributed by atoms with Crippen LogP contribution < -0.4 is 20.5 Å². The van der Waals surface area contributed by atoms with Crippen LogP contribution in [0.25, 0.3) is 0 Å². The maximum Gasteiger partial charge on any atom is 0.288 e. The topological polar surface area (TPSA) is 83.0 Å². The zero-order chi connectivity index (χ0) is 18.4. The van der Waals surface area contributed by atoms with Crippen molar-refractivity contribution in [1.82, 2.24) is 10.7 Å². The van der Waals surface area contributed by atoms with Crippen molar-refractivity contribution in [3.63, 3.8) is 0 Å². The number of amidine groups is 1. The summed E-state index contributed by atoms with van der Waals surface area (Å²) < 4.78 is 5.53. The molecule has 0 aromatic heterocycles. The number of ether oxygens (including phenoxy) is 1. The predicted octanol–water partition coefficient (Wildman–Crippen LogP) is 1.52. The van der Waals surface area contributed by atoms with Gasteiger partial charge in [-0.25, -0.2) is 10.0 Å². The fraction of sp³-hybridized carbons (Fsp3) is 0.211. The number of benzene rings is 2. The Morgan fingerprint density at radius 1 is 1.15 bits per heavy atom. The summed E-state index contributed by atoms with van der Waals surface area (Å²) in [6, 6.07) is 17.8. The van der Waals surface area contributed by atoms with Gasteiger partial charge < -0.3 is 10.1 Å². The van der Waals surface area contributed by atoms with Gasteiger partial charge in [0.25, 0.3) is 11.8 Å². The highest BCUT2D eigenvalue weighted by atomic mass is 16.5. The van der Waals surface area contributed by atoms with Crippen molar-refractivity contribution in [2.75, 3.05) is 18.2 Å². The van der Waals surface area contributed by atoms with Crippen molar-refractivity contribution in [2.45, 2.75) is 13.0 Å². The summed E-state index contributed by atoms with van der Waals surface area (Å²) in [4.78, 5) is 28.8. The average Bonchev–Trinajstić information content (AvgIpc) is 2.68. The summed E-state index contributed by atoms with van der Waals surface area (Å²) in [5, 5.41) is 4.08. The van der Waals surface area contributed by atoms with Crippen molar-refractivity contribution in [3.05, 3.63) is 60.7 Å². The van der Waals surface area contributed by atoms with Gasteiger partial charge in [0.15, 0.2) is 0 Å². The van der Waals surface area contributed by atoms with E-state index in [1.807, 2.05) is 48.5 Å². The molecule has 1 atom stereocenters. The van der Waals surface area contributed by atoms with E-state index < -0.39 is 6.04 Å². The zero-order valence-electron chi connectivity index (χ0n) is 14.4. The fourth-order valence-corrected chi connectivity index (χ4v) is 2.44. The molecule has 1 aliphatic rings. The number of hydrogen-bond acceptors (Lipinski definition) is 5. The van der Waals surface area contributed by atoms with E-state index in [0.29, 0.717) is 18.8 Å². The SMILES string of the molecule is CC1N=C(C(=O)NCCOc2ccccc2)NN(c2ccccc2)C1=O. The number of aliphatic imine (C=N–C) groups is 1. The summed E-state index contributed by atoms with van der Waals surface area (Å²) in [5.74, 6) is 0.229. The first-order valence-electron chi connectivity index (χ1n) is 8.34. The van der Waals surface area contributed by atoms with Crippen molar-refractivity contribution < 1.29 is 14.3 Å². The second-order valence-electron chi connectivity index (χ2n) is 5.69. The van der Waals surface area contributed by atoms with E-state index in [4.69, 9.17) is 4.74 Å².